The number of piperazine rings is 1. The van der Waals surface area contributed by atoms with Crippen LogP contribution in [0.3, 0.4) is 0 Å². The Morgan fingerprint density at radius 3 is 2.26 bits per heavy atom. The number of carbonyl (C=O) groups is 1. The van der Waals surface area contributed by atoms with Gasteiger partial charge in [-0.25, -0.2) is 0 Å². The molecule has 5 heteroatoms. The van der Waals surface area contributed by atoms with Gasteiger partial charge in [-0.05, 0) is 25.5 Å². The monoisotopic (exact) mass is 415 g/mol. The fraction of sp³-hybridized carbons (Fsp3) is 0.308. The van der Waals surface area contributed by atoms with E-state index in [0.717, 1.165) is 25.0 Å². The zero-order chi connectivity index (χ0) is 21.8. The lowest BCUT2D eigenvalue weighted by Gasteiger charge is -2.34. The molecule has 1 aromatic heterocycles. The Bertz CT molecular complexity index is 1140. The number of hydrogen-bond acceptors (Lipinski definition) is 3. The Balaban J connectivity index is 1.46. The number of aromatic nitrogens is 1. The Hall–Kier alpha value is -3.18. The van der Waals surface area contributed by atoms with Gasteiger partial charge in [-0.1, -0.05) is 60.7 Å². The third kappa shape index (κ3) is 4.62. The van der Waals surface area contributed by atoms with Crippen molar-refractivity contribution in [1.82, 2.24) is 14.4 Å². The van der Waals surface area contributed by atoms with Gasteiger partial charge in [0.05, 0.1) is 5.56 Å². The topological polar surface area (TPSA) is 45.6 Å². The molecule has 0 radical (unpaired) electrons. The number of fused-ring (bicyclic) bond motifs is 1. The van der Waals surface area contributed by atoms with Gasteiger partial charge in [0.25, 0.3) is 11.5 Å². The lowest BCUT2D eigenvalue weighted by molar-refractivity contribution is 0.0651. The molecule has 0 spiro atoms. The normalized spacial score (nSPS) is 15.3. The summed E-state index contributed by atoms with van der Waals surface area (Å²) in [6.07, 6.45) is 6.06. The highest BCUT2D eigenvalue weighted by molar-refractivity contribution is 6.06. The highest BCUT2D eigenvalue weighted by atomic mass is 16.2. The van der Waals surface area contributed by atoms with E-state index in [1.54, 1.807) is 10.8 Å². The summed E-state index contributed by atoms with van der Waals surface area (Å²) >= 11 is 0. The van der Waals surface area contributed by atoms with Crippen LogP contribution < -0.4 is 5.56 Å². The molecule has 0 unspecified atom stereocenters. The van der Waals surface area contributed by atoms with Crippen molar-refractivity contribution < 1.29 is 4.79 Å². The minimum atomic E-state index is -0.0443. The van der Waals surface area contributed by atoms with Crippen LogP contribution in [0.5, 0.6) is 0 Å². The van der Waals surface area contributed by atoms with Crippen molar-refractivity contribution in [3.8, 4) is 0 Å². The van der Waals surface area contributed by atoms with Crippen LogP contribution in [0.4, 0.5) is 0 Å². The number of hydrogen-bond donors (Lipinski definition) is 0. The first kappa shape index (κ1) is 21.1. The summed E-state index contributed by atoms with van der Waals surface area (Å²) in [4.78, 5) is 30.4. The first-order valence-electron chi connectivity index (χ1n) is 10.9. The molecule has 0 N–H and O–H groups in total. The molecule has 2 aromatic carbocycles. The van der Waals surface area contributed by atoms with Gasteiger partial charge in [-0.2, -0.15) is 0 Å². The van der Waals surface area contributed by atoms with Crippen molar-refractivity contribution in [2.24, 2.45) is 0 Å². The van der Waals surface area contributed by atoms with E-state index < -0.39 is 0 Å². The van der Waals surface area contributed by atoms with E-state index in [2.05, 4.69) is 29.2 Å². The smallest absolute Gasteiger partial charge is 0.258 e. The standard InChI is InChI=1S/C26H29N3O2/c1-20(2)29-19-24(22-12-6-7-13-23(22)26(29)31)25(30)28-17-15-27(16-18-28)14-8-11-21-9-4-3-5-10-21/h3-13,19-20H,14-18H2,1-2H3/b11-8+. The van der Waals surface area contributed by atoms with Crippen molar-refractivity contribution in [1.29, 1.82) is 0 Å². The van der Waals surface area contributed by atoms with Gasteiger partial charge in [0.1, 0.15) is 0 Å². The van der Waals surface area contributed by atoms with Crippen LogP contribution in [0.2, 0.25) is 0 Å². The van der Waals surface area contributed by atoms with Crippen molar-refractivity contribution in [2.45, 2.75) is 19.9 Å². The maximum atomic E-state index is 13.4. The molecule has 4 rings (SSSR count). The molecule has 1 fully saturated rings. The summed E-state index contributed by atoms with van der Waals surface area (Å²) < 4.78 is 1.67. The molecule has 0 bridgehead atoms. The molecule has 1 aliphatic heterocycles. The molecule has 160 valence electrons. The average molecular weight is 416 g/mol. The van der Waals surface area contributed by atoms with E-state index >= 15 is 0 Å². The van der Waals surface area contributed by atoms with Crippen LogP contribution >= 0.6 is 0 Å². The van der Waals surface area contributed by atoms with Crippen molar-refractivity contribution in [3.05, 3.63) is 88.4 Å². The van der Waals surface area contributed by atoms with Crippen LogP contribution in [0.1, 0.15) is 35.8 Å². The fourth-order valence-corrected chi connectivity index (χ4v) is 4.07. The number of amides is 1. The molecular formula is C26H29N3O2. The lowest BCUT2D eigenvalue weighted by atomic mass is 10.1. The number of carbonyl (C=O) groups excluding carboxylic acids is 1. The molecule has 31 heavy (non-hydrogen) atoms. The van der Waals surface area contributed by atoms with Gasteiger partial charge in [0.2, 0.25) is 0 Å². The molecule has 0 aliphatic carbocycles. The molecule has 1 saturated heterocycles. The van der Waals surface area contributed by atoms with Crippen LogP contribution in [0.15, 0.2) is 71.7 Å². The average Bonchev–Trinajstić information content (AvgIpc) is 2.80. The van der Waals surface area contributed by atoms with Gasteiger partial charge >= 0.3 is 0 Å². The number of benzene rings is 2. The van der Waals surface area contributed by atoms with Crippen molar-refractivity contribution >= 4 is 22.8 Å². The minimum Gasteiger partial charge on any atom is -0.336 e. The largest absolute Gasteiger partial charge is 0.336 e. The Morgan fingerprint density at radius 1 is 0.935 bits per heavy atom. The number of pyridine rings is 1. The number of nitrogens with zero attached hydrogens (tertiary/aromatic N) is 3. The third-order valence-corrected chi connectivity index (χ3v) is 5.87. The van der Waals surface area contributed by atoms with E-state index in [1.807, 2.05) is 61.2 Å². The highest BCUT2D eigenvalue weighted by Crippen LogP contribution is 2.20. The van der Waals surface area contributed by atoms with E-state index in [-0.39, 0.29) is 17.5 Å². The zero-order valence-electron chi connectivity index (χ0n) is 18.2. The van der Waals surface area contributed by atoms with Gasteiger partial charge in [0, 0.05) is 55.7 Å². The predicted octanol–water partition coefficient (Wildman–Crippen LogP) is 4.05. The first-order chi connectivity index (χ1) is 15.0. The Morgan fingerprint density at radius 2 is 1.58 bits per heavy atom. The molecule has 0 saturated carbocycles. The van der Waals surface area contributed by atoms with Crippen LogP contribution in [-0.2, 0) is 0 Å². The van der Waals surface area contributed by atoms with Gasteiger partial charge < -0.3 is 9.47 Å². The SMILES string of the molecule is CC(C)n1cc(C(=O)N2CCN(C/C=C/c3ccccc3)CC2)c2ccccc2c1=O. The Kier molecular flexibility index (Phi) is 6.33. The molecule has 1 aliphatic rings. The summed E-state index contributed by atoms with van der Waals surface area (Å²) in [5.41, 5.74) is 1.77. The van der Waals surface area contributed by atoms with Crippen LogP contribution in [0, 0.1) is 0 Å². The number of rotatable bonds is 5. The predicted molar refractivity (Wildman–Crippen MR) is 126 cm³/mol. The molecular weight excluding hydrogens is 386 g/mol. The van der Waals surface area contributed by atoms with Crippen LogP contribution in [-0.4, -0.2) is 53.0 Å². The summed E-state index contributed by atoms with van der Waals surface area (Å²) in [6.45, 7) is 7.86. The lowest BCUT2D eigenvalue weighted by Crippen LogP contribution is -2.48. The van der Waals surface area contributed by atoms with Gasteiger partial charge in [-0.15, -0.1) is 0 Å². The zero-order valence-corrected chi connectivity index (χ0v) is 18.2. The summed E-state index contributed by atoms with van der Waals surface area (Å²) in [5.74, 6) is 0.00470. The third-order valence-electron chi connectivity index (χ3n) is 5.87. The molecule has 3 aromatic rings. The van der Waals surface area contributed by atoms with E-state index in [4.69, 9.17) is 0 Å². The maximum Gasteiger partial charge on any atom is 0.258 e. The minimum absolute atomic E-state index is 0.00287. The van der Waals surface area contributed by atoms with E-state index in [1.165, 1.54) is 5.56 Å². The quantitative estimate of drug-likeness (QED) is 0.631. The Labute approximate surface area is 183 Å². The fourth-order valence-electron chi connectivity index (χ4n) is 4.07. The second-order valence-electron chi connectivity index (χ2n) is 8.30. The molecule has 5 nitrogen and oxygen atoms in total. The van der Waals surface area contributed by atoms with E-state index in [9.17, 15) is 9.59 Å². The highest BCUT2D eigenvalue weighted by Gasteiger charge is 2.24. The molecule has 2 heterocycles. The van der Waals surface area contributed by atoms with E-state index in [0.29, 0.717) is 24.0 Å². The van der Waals surface area contributed by atoms with Crippen molar-refractivity contribution in [3.63, 3.8) is 0 Å². The van der Waals surface area contributed by atoms with Crippen molar-refractivity contribution in [2.75, 3.05) is 32.7 Å². The first-order valence-corrected chi connectivity index (χ1v) is 10.9. The van der Waals surface area contributed by atoms with Gasteiger partial charge in [0.15, 0.2) is 0 Å². The second-order valence-corrected chi connectivity index (χ2v) is 8.30. The molecule has 0 atom stereocenters. The molecule has 1 amide bonds. The van der Waals surface area contributed by atoms with Gasteiger partial charge in [-0.3, -0.25) is 14.5 Å². The summed E-state index contributed by atoms with van der Waals surface area (Å²) in [7, 11) is 0. The van der Waals surface area contributed by atoms with Crippen LogP contribution in [0.25, 0.3) is 16.8 Å². The maximum absolute atomic E-state index is 13.4. The second kappa shape index (κ2) is 9.31. The summed E-state index contributed by atoms with van der Waals surface area (Å²) in [6, 6.07) is 17.7. The summed E-state index contributed by atoms with van der Waals surface area (Å²) in [5, 5.41) is 1.34.